The molecule has 5 N–H and O–H groups in total. The molecule has 3 atom stereocenters. The van der Waals surface area contributed by atoms with Crippen LogP contribution in [0.15, 0.2) is 48.5 Å². The third kappa shape index (κ3) is 2.69. The predicted octanol–water partition coefficient (Wildman–Crippen LogP) is 1.26. The summed E-state index contributed by atoms with van der Waals surface area (Å²) in [6, 6.07) is 13.3. The number of carboxylic acids is 1. The average molecular weight is 339 g/mol. The van der Waals surface area contributed by atoms with Crippen molar-refractivity contribution < 1.29 is 20.3 Å². The van der Waals surface area contributed by atoms with Crippen molar-refractivity contribution in [3.8, 4) is 0 Å². The number of aliphatic carboxylic acids is 1. The van der Waals surface area contributed by atoms with E-state index in [1.165, 1.54) is 12.1 Å². The number of fused-ring (bicyclic) bond motifs is 3. The monoisotopic (exact) mass is 339 g/mol. The highest BCUT2D eigenvalue weighted by Crippen LogP contribution is 2.35. The Labute approximate surface area is 143 Å². The molecule has 3 unspecified atom stereocenters. The number of aromatic nitrogens is 1. The minimum absolute atomic E-state index is 0.200. The van der Waals surface area contributed by atoms with Crippen molar-refractivity contribution in [3.63, 3.8) is 0 Å². The molecule has 0 saturated heterocycles. The van der Waals surface area contributed by atoms with Crippen LogP contribution in [0.4, 0.5) is 5.69 Å². The lowest BCUT2D eigenvalue weighted by Gasteiger charge is -2.29. The number of hydrogen-bond acceptors (Lipinski definition) is 4. The molecule has 7 heteroatoms. The summed E-state index contributed by atoms with van der Waals surface area (Å²) in [5.74, 6) is -0.900. The molecule has 0 spiro atoms. The third-order valence-corrected chi connectivity index (χ3v) is 4.70. The van der Waals surface area contributed by atoms with Crippen LogP contribution in [0.25, 0.3) is 10.9 Å². The van der Waals surface area contributed by atoms with Crippen molar-refractivity contribution in [2.24, 2.45) is 0 Å². The highest BCUT2D eigenvalue weighted by atomic mass is 16.8. The molecule has 0 aliphatic carbocycles. The van der Waals surface area contributed by atoms with Crippen LogP contribution in [-0.2, 0) is 11.2 Å². The maximum atomic E-state index is 11.6. The fourth-order valence-electron chi connectivity index (χ4n) is 3.47. The predicted molar refractivity (Wildman–Crippen MR) is 90.6 cm³/mol. The highest BCUT2D eigenvalue weighted by molar-refractivity contribution is 5.87. The van der Waals surface area contributed by atoms with Crippen LogP contribution < -0.4 is 10.5 Å². The number of para-hydroxylation sites is 1. The zero-order chi connectivity index (χ0) is 17.6. The first kappa shape index (κ1) is 15.8. The molecule has 1 aliphatic heterocycles. The number of carboxylic acid groups (broad SMARTS) is 1. The number of carbonyl (C=O) groups is 1. The van der Waals surface area contributed by atoms with Gasteiger partial charge in [-0.2, -0.15) is 5.23 Å². The molecule has 0 fully saturated rings. The Hall–Kier alpha value is -2.71. The van der Waals surface area contributed by atoms with Gasteiger partial charge in [0.05, 0.1) is 6.04 Å². The van der Waals surface area contributed by atoms with E-state index in [1.54, 1.807) is 12.1 Å². The van der Waals surface area contributed by atoms with Crippen LogP contribution in [-0.4, -0.2) is 27.3 Å². The van der Waals surface area contributed by atoms with Crippen molar-refractivity contribution >= 4 is 22.6 Å². The van der Waals surface area contributed by atoms with Crippen LogP contribution in [0.1, 0.15) is 22.9 Å². The summed E-state index contributed by atoms with van der Waals surface area (Å²) in [7, 11) is 0. The lowest BCUT2D eigenvalue weighted by Crippen LogP contribution is -2.99. The van der Waals surface area contributed by atoms with Crippen molar-refractivity contribution in [2.75, 3.05) is 0 Å². The molecule has 25 heavy (non-hydrogen) atoms. The molecule has 3 aromatic rings. The van der Waals surface area contributed by atoms with Crippen LogP contribution in [0.2, 0.25) is 0 Å². The minimum atomic E-state index is -0.988. The largest absolute Gasteiger partial charge is 0.595 e. The number of nitrogens with one attached hydrogen (secondary N) is 3. The van der Waals surface area contributed by atoms with E-state index in [0.717, 1.165) is 27.7 Å². The van der Waals surface area contributed by atoms with Crippen LogP contribution >= 0.6 is 0 Å². The number of benzene rings is 2. The standard InChI is InChI=1S/C18H17N3O4/c22-18(23)15-9-13-12-3-1-2-4-14(12)19-17(13)16(20-15)10-5-7-11(8-6-10)21(24)25/h1-8,15-16,19-21,24H,9H2,(H,22,23). The van der Waals surface area contributed by atoms with Gasteiger partial charge in [-0.15, -0.1) is 0 Å². The molecular formula is C18H17N3O4. The highest BCUT2D eigenvalue weighted by Gasteiger charge is 2.33. The first-order valence-corrected chi connectivity index (χ1v) is 7.96. The van der Waals surface area contributed by atoms with Crippen LogP contribution in [0.3, 0.4) is 0 Å². The molecule has 0 saturated carbocycles. The van der Waals surface area contributed by atoms with E-state index < -0.39 is 17.2 Å². The summed E-state index contributed by atoms with van der Waals surface area (Å²) >= 11 is 0. The quantitative estimate of drug-likeness (QED) is 0.461. The van der Waals surface area contributed by atoms with Crippen molar-refractivity contribution in [1.29, 1.82) is 0 Å². The Balaban J connectivity index is 1.83. The van der Waals surface area contributed by atoms with Gasteiger partial charge in [0.15, 0.2) is 5.69 Å². The normalized spacial score (nSPS) is 21.0. The maximum Gasteiger partial charge on any atom is 0.321 e. The Morgan fingerprint density at radius 3 is 2.56 bits per heavy atom. The summed E-state index contributed by atoms with van der Waals surface area (Å²) in [5.41, 5.74) is 3.92. The van der Waals surface area contributed by atoms with E-state index in [1.807, 2.05) is 24.3 Å². The van der Waals surface area contributed by atoms with E-state index in [2.05, 4.69) is 10.3 Å². The fourth-order valence-corrected chi connectivity index (χ4v) is 3.47. The fraction of sp³-hybridized carbons (Fsp3) is 0.167. The van der Waals surface area contributed by atoms with Gasteiger partial charge < -0.3 is 15.3 Å². The number of hydrogen-bond donors (Lipinski definition) is 5. The smallest absolute Gasteiger partial charge is 0.321 e. The van der Waals surface area contributed by atoms with Gasteiger partial charge in [0.25, 0.3) is 0 Å². The number of aromatic amines is 1. The number of rotatable bonds is 3. The van der Waals surface area contributed by atoms with E-state index in [0.29, 0.717) is 6.42 Å². The second kappa shape index (κ2) is 5.98. The Morgan fingerprint density at radius 2 is 1.88 bits per heavy atom. The van der Waals surface area contributed by atoms with Gasteiger partial charge in [0, 0.05) is 35.2 Å². The van der Waals surface area contributed by atoms with Crippen molar-refractivity contribution in [1.82, 2.24) is 10.3 Å². The molecule has 1 aromatic heterocycles. The van der Waals surface area contributed by atoms with Crippen molar-refractivity contribution in [2.45, 2.75) is 18.5 Å². The Bertz CT molecular complexity index is 933. The Kier molecular flexibility index (Phi) is 3.78. The summed E-state index contributed by atoms with van der Waals surface area (Å²) < 4.78 is 0. The van der Waals surface area contributed by atoms with E-state index >= 15 is 0 Å². The van der Waals surface area contributed by atoms with Gasteiger partial charge in [0.2, 0.25) is 0 Å². The summed E-state index contributed by atoms with van der Waals surface area (Å²) in [4.78, 5) is 15.0. The molecule has 4 rings (SSSR count). The molecule has 1 aliphatic rings. The van der Waals surface area contributed by atoms with Gasteiger partial charge in [-0.3, -0.25) is 10.1 Å². The van der Waals surface area contributed by atoms with Crippen LogP contribution in [0, 0.1) is 5.21 Å². The molecule has 2 heterocycles. The van der Waals surface area contributed by atoms with Gasteiger partial charge >= 0.3 is 5.97 Å². The molecule has 128 valence electrons. The lowest BCUT2D eigenvalue weighted by atomic mass is 9.90. The first-order chi connectivity index (χ1) is 12.0. The first-order valence-electron chi connectivity index (χ1n) is 7.96. The van der Waals surface area contributed by atoms with E-state index in [4.69, 9.17) is 5.21 Å². The number of quaternary nitrogens is 1. The SMILES string of the molecule is O=C(O)C1Cc2c([nH]c3ccccc23)C(c2ccc([NH+]([O-])O)cc2)N1. The van der Waals surface area contributed by atoms with Gasteiger partial charge in [-0.25, -0.2) is 5.21 Å². The summed E-state index contributed by atoms with van der Waals surface area (Å²) in [6.45, 7) is 0. The molecule has 7 nitrogen and oxygen atoms in total. The topological polar surface area (TPSA) is 113 Å². The van der Waals surface area contributed by atoms with Crippen molar-refractivity contribution in [3.05, 3.63) is 70.6 Å². The zero-order valence-electron chi connectivity index (χ0n) is 13.2. The molecule has 0 amide bonds. The average Bonchev–Trinajstić information content (AvgIpc) is 2.99. The lowest BCUT2D eigenvalue weighted by molar-refractivity contribution is -0.991. The second-order valence-corrected chi connectivity index (χ2v) is 6.18. The molecule has 0 bridgehead atoms. The van der Waals surface area contributed by atoms with Gasteiger partial charge in [-0.1, -0.05) is 30.3 Å². The number of H-pyrrole nitrogens is 1. The molecule has 0 radical (unpaired) electrons. The third-order valence-electron chi connectivity index (χ3n) is 4.70. The molecular weight excluding hydrogens is 322 g/mol. The Morgan fingerprint density at radius 1 is 1.16 bits per heavy atom. The zero-order valence-corrected chi connectivity index (χ0v) is 13.2. The molecule has 2 aromatic carbocycles. The van der Waals surface area contributed by atoms with E-state index in [-0.39, 0.29) is 11.7 Å². The van der Waals surface area contributed by atoms with Crippen LogP contribution in [0.5, 0.6) is 0 Å². The summed E-state index contributed by atoms with van der Waals surface area (Å²) in [6.07, 6.45) is 0.401. The second-order valence-electron chi connectivity index (χ2n) is 6.18. The maximum absolute atomic E-state index is 11.6. The minimum Gasteiger partial charge on any atom is -0.595 e. The van der Waals surface area contributed by atoms with E-state index in [9.17, 15) is 15.1 Å². The van der Waals surface area contributed by atoms with Gasteiger partial charge in [0.1, 0.15) is 6.04 Å². The summed E-state index contributed by atoms with van der Waals surface area (Å²) in [5, 5.41) is 32.8. The van der Waals surface area contributed by atoms with Gasteiger partial charge in [-0.05, 0) is 17.2 Å².